The molecule has 0 amide bonds. The van der Waals surface area contributed by atoms with Crippen molar-refractivity contribution in [1.82, 2.24) is 19.6 Å². The Morgan fingerprint density at radius 1 is 1.21 bits per heavy atom. The molecule has 142 valence electrons. The Kier molecular flexibility index (Phi) is 4.83. The molecule has 6 nitrogen and oxygen atoms in total. The van der Waals surface area contributed by atoms with E-state index in [0.29, 0.717) is 22.1 Å². The van der Waals surface area contributed by atoms with Gasteiger partial charge in [-0.2, -0.15) is 0 Å². The van der Waals surface area contributed by atoms with Gasteiger partial charge in [-0.25, -0.2) is 9.37 Å². The van der Waals surface area contributed by atoms with Gasteiger partial charge in [-0.3, -0.25) is 4.40 Å². The van der Waals surface area contributed by atoms with Crippen LogP contribution in [0.2, 0.25) is 5.15 Å². The third-order valence-electron chi connectivity index (χ3n) is 4.57. The number of fused-ring (bicyclic) bond motifs is 1. The average molecular weight is 398 g/mol. The molecule has 0 saturated heterocycles. The van der Waals surface area contributed by atoms with Crippen LogP contribution in [0.1, 0.15) is 11.1 Å². The van der Waals surface area contributed by atoms with Gasteiger partial charge in [0.05, 0.1) is 7.11 Å². The van der Waals surface area contributed by atoms with Crippen LogP contribution in [-0.4, -0.2) is 26.7 Å². The molecular weight excluding hydrogens is 381 g/mol. The van der Waals surface area contributed by atoms with Crippen molar-refractivity contribution in [3.05, 3.63) is 71.0 Å². The lowest BCUT2D eigenvalue weighted by molar-refractivity contribution is 0.405. The van der Waals surface area contributed by atoms with Crippen LogP contribution < -0.4 is 10.1 Å². The highest BCUT2D eigenvalue weighted by molar-refractivity contribution is 6.29. The van der Waals surface area contributed by atoms with E-state index in [2.05, 4.69) is 20.5 Å². The van der Waals surface area contributed by atoms with E-state index in [1.807, 2.05) is 23.5 Å². The molecule has 3 aromatic heterocycles. The minimum Gasteiger partial charge on any atom is -0.496 e. The maximum absolute atomic E-state index is 14.2. The highest BCUT2D eigenvalue weighted by Crippen LogP contribution is 2.30. The summed E-state index contributed by atoms with van der Waals surface area (Å²) in [5, 5.41) is 11.9. The van der Waals surface area contributed by atoms with Crippen molar-refractivity contribution < 1.29 is 9.13 Å². The monoisotopic (exact) mass is 397 g/mol. The Balaban J connectivity index is 1.70. The number of nitrogens with zero attached hydrogens (tertiary/aromatic N) is 4. The van der Waals surface area contributed by atoms with Crippen LogP contribution in [0.15, 0.2) is 48.9 Å². The van der Waals surface area contributed by atoms with Crippen molar-refractivity contribution in [3.8, 4) is 16.9 Å². The lowest BCUT2D eigenvalue weighted by atomic mass is 10.0. The molecule has 4 rings (SSSR count). The van der Waals surface area contributed by atoms with E-state index in [-0.39, 0.29) is 12.4 Å². The first-order chi connectivity index (χ1) is 13.6. The van der Waals surface area contributed by atoms with Crippen molar-refractivity contribution in [3.63, 3.8) is 0 Å². The normalized spacial score (nSPS) is 11.0. The van der Waals surface area contributed by atoms with E-state index in [0.717, 1.165) is 22.5 Å². The number of rotatable bonds is 5. The topological polar surface area (TPSA) is 64.3 Å². The molecule has 28 heavy (non-hydrogen) atoms. The minimum atomic E-state index is -0.327. The summed E-state index contributed by atoms with van der Waals surface area (Å²) in [6, 6.07) is 10.4. The standard InChI is InChI=1S/C20H17ClFN5O/c1-12-8-18(21)23-9-14(12)13-6-7-19(27-11-25-26-20(13)27)24-10-15-16(22)4-3-5-17(15)28-2/h3-9,11,24H,10H2,1-2H3. The Morgan fingerprint density at radius 3 is 2.86 bits per heavy atom. The largest absolute Gasteiger partial charge is 0.496 e. The van der Waals surface area contributed by atoms with Gasteiger partial charge in [-0.1, -0.05) is 17.7 Å². The first-order valence-electron chi connectivity index (χ1n) is 8.59. The molecule has 0 aliphatic heterocycles. The second kappa shape index (κ2) is 7.44. The van der Waals surface area contributed by atoms with Crippen LogP contribution in [0.3, 0.4) is 0 Å². The van der Waals surface area contributed by atoms with E-state index in [4.69, 9.17) is 16.3 Å². The predicted octanol–water partition coefficient (Wildman–Crippen LogP) is 4.51. The zero-order valence-electron chi connectivity index (χ0n) is 15.3. The van der Waals surface area contributed by atoms with Crippen molar-refractivity contribution in [2.24, 2.45) is 0 Å². The maximum atomic E-state index is 14.2. The smallest absolute Gasteiger partial charge is 0.170 e. The first kappa shape index (κ1) is 18.2. The quantitative estimate of drug-likeness (QED) is 0.502. The Labute approximate surface area is 166 Å². The minimum absolute atomic E-state index is 0.254. The fraction of sp³-hybridized carbons (Fsp3) is 0.150. The second-order valence-corrected chi connectivity index (χ2v) is 6.64. The third kappa shape index (κ3) is 3.25. The zero-order chi connectivity index (χ0) is 19.7. The first-order valence-corrected chi connectivity index (χ1v) is 8.97. The number of halogens is 2. The van der Waals surface area contributed by atoms with Gasteiger partial charge < -0.3 is 10.1 Å². The lowest BCUT2D eigenvalue weighted by Gasteiger charge is -2.14. The fourth-order valence-corrected chi connectivity index (χ4v) is 3.36. The Morgan fingerprint density at radius 2 is 2.07 bits per heavy atom. The van der Waals surface area contributed by atoms with Gasteiger partial charge in [0.25, 0.3) is 0 Å². The number of aromatic nitrogens is 4. The zero-order valence-corrected chi connectivity index (χ0v) is 16.0. The van der Waals surface area contributed by atoms with Gasteiger partial charge in [-0.05, 0) is 42.8 Å². The number of nitrogens with one attached hydrogen (secondary N) is 1. The molecule has 0 unspecified atom stereocenters. The summed E-state index contributed by atoms with van der Waals surface area (Å²) in [5.41, 5.74) is 3.91. The second-order valence-electron chi connectivity index (χ2n) is 6.25. The highest BCUT2D eigenvalue weighted by Gasteiger charge is 2.14. The van der Waals surface area contributed by atoms with Crippen molar-refractivity contribution in [2.45, 2.75) is 13.5 Å². The van der Waals surface area contributed by atoms with Crippen LogP contribution in [0.4, 0.5) is 10.2 Å². The van der Waals surface area contributed by atoms with Gasteiger partial charge in [0, 0.05) is 29.4 Å². The van der Waals surface area contributed by atoms with Gasteiger partial charge in [-0.15, -0.1) is 10.2 Å². The van der Waals surface area contributed by atoms with E-state index in [9.17, 15) is 4.39 Å². The summed E-state index contributed by atoms with van der Waals surface area (Å²) < 4.78 is 21.3. The molecule has 0 aliphatic rings. The number of anilines is 1. The van der Waals surface area contributed by atoms with Crippen LogP contribution in [0.25, 0.3) is 16.8 Å². The molecule has 8 heteroatoms. The van der Waals surface area contributed by atoms with Crippen molar-refractivity contribution in [2.75, 3.05) is 12.4 Å². The van der Waals surface area contributed by atoms with E-state index >= 15 is 0 Å². The number of hydrogen-bond acceptors (Lipinski definition) is 5. The van der Waals surface area contributed by atoms with Crippen LogP contribution in [-0.2, 0) is 6.54 Å². The number of pyridine rings is 2. The molecule has 0 saturated carbocycles. The number of ether oxygens (including phenoxy) is 1. The van der Waals surface area contributed by atoms with Crippen molar-refractivity contribution in [1.29, 1.82) is 0 Å². The maximum Gasteiger partial charge on any atom is 0.170 e. The summed E-state index contributed by atoms with van der Waals surface area (Å²) in [4.78, 5) is 4.17. The molecule has 3 heterocycles. The fourth-order valence-electron chi connectivity index (χ4n) is 3.15. The van der Waals surface area contributed by atoms with Gasteiger partial charge in [0.15, 0.2) is 5.65 Å². The molecule has 4 aromatic rings. The number of hydrogen-bond donors (Lipinski definition) is 1. The molecule has 1 N–H and O–H groups in total. The molecule has 1 aromatic carbocycles. The Hall–Kier alpha value is -3.19. The van der Waals surface area contributed by atoms with E-state index < -0.39 is 0 Å². The molecular formula is C20H17ClFN5O. The number of benzene rings is 1. The summed E-state index contributed by atoms with van der Waals surface area (Å²) in [7, 11) is 1.52. The average Bonchev–Trinajstić information content (AvgIpc) is 3.17. The van der Waals surface area contributed by atoms with Crippen LogP contribution >= 0.6 is 11.6 Å². The van der Waals surface area contributed by atoms with E-state index in [1.165, 1.54) is 13.2 Å². The molecule has 0 atom stereocenters. The van der Waals surface area contributed by atoms with Crippen molar-refractivity contribution >= 4 is 23.1 Å². The van der Waals surface area contributed by atoms with Gasteiger partial charge in [0.2, 0.25) is 0 Å². The van der Waals surface area contributed by atoms with Gasteiger partial charge >= 0.3 is 0 Å². The molecule has 0 spiro atoms. The van der Waals surface area contributed by atoms with E-state index in [1.54, 1.807) is 30.7 Å². The lowest BCUT2D eigenvalue weighted by Crippen LogP contribution is -2.07. The molecule has 0 bridgehead atoms. The summed E-state index contributed by atoms with van der Waals surface area (Å²) in [5.74, 6) is 0.895. The third-order valence-corrected chi connectivity index (χ3v) is 4.77. The number of methoxy groups -OCH3 is 1. The summed E-state index contributed by atoms with van der Waals surface area (Å²) >= 11 is 5.97. The number of aryl methyl sites for hydroxylation is 1. The molecule has 0 aliphatic carbocycles. The molecule has 0 fully saturated rings. The summed E-state index contributed by atoms with van der Waals surface area (Å²) in [6.07, 6.45) is 3.33. The van der Waals surface area contributed by atoms with Gasteiger partial charge in [0.1, 0.15) is 28.9 Å². The van der Waals surface area contributed by atoms with Crippen LogP contribution in [0, 0.1) is 12.7 Å². The molecule has 0 radical (unpaired) electrons. The Bertz CT molecular complexity index is 1160. The predicted molar refractivity (Wildman–Crippen MR) is 106 cm³/mol. The highest BCUT2D eigenvalue weighted by atomic mass is 35.5. The van der Waals surface area contributed by atoms with Crippen LogP contribution in [0.5, 0.6) is 5.75 Å². The summed E-state index contributed by atoms with van der Waals surface area (Å²) in [6.45, 7) is 2.22. The SMILES string of the molecule is COc1cccc(F)c1CNc1ccc(-c2cnc(Cl)cc2C)c2nncn12.